The minimum absolute atomic E-state index is 0.000299. The van der Waals surface area contributed by atoms with Crippen LogP contribution in [0, 0.1) is 5.92 Å². The van der Waals surface area contributed by atoms with Gasteiger partial charge in [0.25, 0.3) is 0 Å². The maximum absolute atomic E-state index is 12.4. The number of nitrogens with zero attached hydrogens (tertiary/aromatic N) is 1. The predicted octanol–water partition coefficient (Wildman–Crippen LogP) is 1.47. The van der Waals surface area contributed by atoms with Crippen LogP contribution in [0.1, 0.15) is 39.5 Å². The number of hydrogen-bond donors (Lipinski definition) is 2. The van der Waals surface area contributed by atoms with Gasteiger partial charge < -0.3 is 24.8 Å². The van der Waals surface area contributed by atoms with Crippen LogP contribution in [0.3, 0.4) is 0 Å². The Morgan fingerprint density at radius 3 is 2.86 bits per heavy atom. The molecule has 3 atom stereocenters. The van der Waals surface area contributed by atoms with Crippen LogP contribution in [-0.4, -0.2) is 66.2 Å². The molecule has 3 unspecified atom stereocenters. The molecule has 2 aliphatic rings. The van der Waals surface area contributed by atoms with Gasteiger partial charge in [0, 0.05) is 32.2 Å². The van der Waals surface area contributed by atoms with Crippen LogP contribution in [-0.2, 0) is 23.9 Å². The SMILES string of the molecule is CC/C1=C\C=C/C(C)CC(=O)NCC(=O)N2CC(CC2C(=O)O)OCCCO1. The van der Waals surface area contributed by atoms with Gasteiger partial charge in [0.15, 0.2) is 0 Å². The molecule has 1 fully saturated rings. The van der Waals surface area contributed by atoms with Gasteiger partial charge in [-0.1, -0.05) is 26.0 Å². The molecule has 0 radical (unpaired) electrons. The number of carboxylic acid groups (broad SMARTS) is 1. The lowest BCUT2D eigenvalue weighted by atomic mass is 10.1. The molecule has 2 amide bonds. The van der Waals surface area contributed by atoms with Gasteiger partial charge in [-0.05, 0) is 12.0 Å². The van der Waals surface area contributed by atoms with E-state index in [9.17, 15) is 19.5 Å². The Balaban J connectivity index is 2.07. The molecule has 0 aromatic carbocycles. The molecule has 0 spiro atoms. The fraction of sp³-hybridized carbons (Fsp3) is 0.650. The van der Waals surface area contributed by atoms with Gasteiger partial charge in [-0.3, -0.25) is 9.59 Å². The fourth-order valence-corrected chi connectivity index (χ4v) is 3.27. The Bertz CT molecular complexity index is 630. The molecular weight excluding hydrogens is 364 g/mol. The Labute approximate surface area is 165 Å². The molecule has 1 saturated heterocycles. The molecule has 2 rings (SSSR count). The van der Waals surface area contributed by atoms with Crippen LogP contribution in [0.5, 0.6) is 0 Å². The molecule has 2 aliphatic heterocycles. The molecular formula is C20H30N2O6. The first-order chi connectivity index (χ1) is 13.4. The molecule has 28 heavy (non-hydrogen) atoms. The fourth-order valence-electron chi connectivity index (χ4n) is 3.27. The molecule has 0 aromatic rings. The van der Waals surface area contributed by atoms with Crippen molar-refractivity contribution in [1.29, 1.82) is 0 Å². The number of aliphatic carboxylic acids is 1. The third-order valence-electron chi connectivity index (χ3n) is 4.81. The zero-order valence-corrected chi connectivity index (χ0v) is 16.6. The van der Waals surface area contributed by atoms with E-state index in [-0.39, 0.29) is 43.9 Å². The number of carbonyl (C=O) groups is 3. The van der Waals surface area contributed by atoms with E-state index in [1.165, 1.54) is 4.90 Å². The van der Waals surface area contributed by atoms with E-state index in [2.05, 4.69) is 5.32 Å². The van der Waals surface area contributed by atoms with E-state index < -0.39 is 17.9 Å². The lowest BCUT2D eigenvalue weighted by Crippen LogP contribution is -2.45. The summed E-state index contributed by atoms with van der Waals surface area (Å²) in [6, 6.07) is -0.927. The predicted molar refractivity (Wildman–Crippen MR) is 102 cm³/mol. The number of carbonyl (C=O) groups excluding carboxylic acids is 2. The summed E-state index contributed by atoms with van der Waals surface area (Å²) in [4.78, 5) is 37.3. The quantitative estimate of drug-likeness (QED) is 0.735. The summed E-state index contributed by atoms with van der Waals surface area (Å²) < 4.78 is 11.5. The van der Waals surface area contributed by atoms with Crippen molar-refractivity contribution in [3.05, 3.63) is 24.0 Å². The summed E-state index contributed by atoms with van der Waals surface area (Å²) in [6.45, 7) is 4.86. The average molecular weight is 394 g/mol. The summed E-state index contributed by atoms with van der Waals surface area (Å²) in [6.07, 6.45) is 7.29. The topological polar surface area (TPSA) is 105 Å². The lowest BCUT2D eigenvalue weighted by Gasteiger charge is -2.21. The molecule has 2 bridgehead atoms. The highest BCUT2D eigenvalue weighted by Gasteiger charge is 2.40. The Morgan fingerprint density at radius 2 is 2.14 bits per heavy atom. The Morgan fingerprint density at radius 1 is 1.36 bits per heavy atom. The number of hydrogen-bond acceptors (Lipinski definition) is 5. The second-order valence-corrected chi connectivity index (χ2v) is 7.16. The number of nitrogens with one attached hydrogen (secondary N) is 1. The second-order valence-electron chi connectivity index (χ2n) is 7.16. The van der Waals surface area contributed by atoms with Crippen molar-refractivity contribution >= 4 is 17.8 Å². The third kappa shape index (κ3) is 6.67. The van der Waals surface area contributed by atoms with Crippen LogP contribution in [0.15, 0.2) is 24.0 Å². The maximum atomic E-state index is 12.4. The van der Waals surface area contributed by atoms with Crippen LogP contribution >= 0.6 is 0 Å². The van der Waals surface area contributed by atoms with Crippen molar-refractivity contribution < 1.29 is 29.0 Å². The first-order valence-electron chi connectivity index (χ1n) is 9.81. The number of amides is 2. The van der Waals surface area contributed by atoms with Crippen molar-refractivity contribution in [2.75, 3.05) is 26.3 Å². The summed E-state index contributed by atoms with van der Waals surface area (Å²) >= 11 is 0. The minimum atomic E-state index is -1.06. The number of allylic oxidation sites excluding steroid dienone is 4. The number of carboxylic acids is 1. The van der Waals surface area contributed by atoms with E-state index >= 15 is 0 Å². The van der Waals surface area contributed by atoms with E-state index in [0.29, 0.717) is 19.6 Å². The van der Waals surface area contributed by atoms with Crippen molar-refractivity contribution in [1.82, 2.24) is 10.2 Å². The molecule has 2 N–H and O–H groups in total. The van der Waals surface area contributed by atoms with Crippen molar-refractivity contribution in [2.24, 2.45) is 5.92 Å². The first-order valence-corrected chi connectivity index (χ1v) is 9.81. The van der Waals surface area contributed by atoms with Crippen LogP contribution in [0.4, 0.5) is 0 Å². The normalized spacial score (nSPS) is 31.0. The summed E-state index contributed by atoms with van der Waals surface area (Å²) in [7, 11) is 0. The second kappa shape index (κ2) is 10.8. The van der Waals surface area contributed by atoms with Gasteiger partial charge in [-0.2, -0.15) is 0 Å². The van der Waals surface area contributed by atoms with Crippen LogP contribution < -0.4 is 5.32 Å². The average Bonchev–Trinajstić information content (AvgIpc) is 3.08. The molecule has 2 heterocycles. The van der Waals surface area contributed by atoms with Gasteiger partial charge >= 0.3 is 5.97 Å². The smallest absolute Gasteiger partial charge is 0.326 e. The zero-order valence-electron chi connectivity index (χ0n) is 16.6. The third-order valence-corrected chi connectivity index (χ3v) is 4.81. The van der Waals surface area contributed by atoms with Crippen molar-refractivity contribution in [3.8, 4) is 0 Å². The van der Waals surface area contributed by atoms with Crippen LogP contribution in [0.2, 0.25) is 0 Å². The first kappa shape index (κ1) is 21.9. The maximum Gasteiger partial charge on any atom is 0.326 e. The molecule has 156 valence electrons. The standard InChI is InChI=1S/C20H30N2O6/c1-3-15-7-4-6-14(2)10-18(23)21-12-19(24)22-13-16(11-17(22)20(25)26)28-9-5-8-27-15/h4,6-7,14,16-17H,3,5,8-13H2,1-2H3,(H,21,23)(H,25,26)/b6-4-,15-7+. The summed E-state index contributed by atoms with van der Waals surface area (Å²) in [5, 5.41) is 12.0. The Hall–Kier alpha value is -2.35. The van der Waals surface area contributed by atoms with Gasteiger partial charge in [0.2, 0.25) is 11.8 Å². The summed E-state index contributed by atoms with van der Waals surface area (Å²) in [5.41, 5.74) is 0. The van der Waals surface area contributed by atoms with Gasteiger partial charge in [-0.15, -0.1) is 0 Å². The van der Waals surface area contributed by atoms with Crippen molar-refractivity contribution in [2.45, 2.75) is 51.7 Å². The molecule has 0 saturated carbocycles. The van der Waals surface area contributed by atoms with Gasteiger partial charge in [-0.25, -0.2) is 4.79 Å². The lowest BCUT2D eigenvalue weighted by molar-refractivity contribution is -0.148. The number of rotatable bonds is 2. The van der Waals surface area contributed by atoms with Gasteiger partial charge in [0.05, 0.1) is 31.6 Å². The summed E-state index contributed by atoms with van der Waals surface area (Å²) in [5.74, 6) is -0.856. The highest BCUT2D eigenvalue weighted by atomic mass is 16.5. The van der Waals surface area contributed by atoms with E-state index in [4.69, 9.17) is 9.47 Å². The highest BCUT2D eigenvalue weighted by molar-refractivity contribution is 5.88. The van der Waals surface area contributed by atoms with E-state index in [1.807, 2.05) is 32.1 Å². The molecule has 8 heteroatoms. The van der Waals surface area contributed by atoms with E-state index in [1.54, 1.807) is 0 Å². The van der Waals surface area contributed by atoms with Gasteiger partial charge in [0.1, 0.15) is 6.04 Å². The largest absolute Gasteiger partial charge is 0.498 e. The number of ether oxygens (including phenoxy) is 2. The minimum Gasteiger partial charge on any atom is -0.498 e. The molecule has 8 nitrogen and oxygen atoms in total. The van der Waals surface area contributed by atoms with Crippen LogP contribution in [0.25, 0.3) is 0 Å². The van der Waals surface area contributed by atoms with Crippen molar-refractivity contribution in [3.63, 3.8) is 0 Å². The zero-order chi connectivity index (χ0) is 20.5. The highest BCUT2D eigenvalue weighted by Crippen LogP contribution is 2.21. The molecule has 0 aliphatic carbocycles. The monoisotopic (exact) mass is 394 g/mol. The number of fused-ring (bicyclic) bond motifs is 2. The Kier molecular flexibility index (Phi) is 8.50. The van der Waals surface area contributed by atoms with E-state index in [0.717, 1.165) is 12.2 Å². The molecule has 0 aromatic heterocycles.